The summed E-state index contributed by atoms with van der Waals surface area (Å²) in [6.07, 6.45) is 2.22. The van der Waals surface area contributed by atoms with Gasteiger partial charge in [-0.3, -0.25) is 4.79 Å². The van der Waals surface area contributed by atoms with E-state index < -0.39 is 0 Å². The Balaban J connectivity index is 1.51. The largest absolute Gasteiger partial charge is 0.493 e. The van der Waals surface area contributed by atoms with Crippen LogP contribution in [0.2, 0.25) is 0 Å². The van der Waals surface area contributed by atoms with Crippen LogP contribution in [0.4, 0.5) is 11.4 Å². The number of nitrogens with one attached hydrogen (secondary N) is 2. The van der Waals surface area contributed by atoms with Crippen LogP contribution >= 0.6 is 0 Å². The Morgan fingerprint density at radius 1 is 0.895 bits per heavy atom. The summed E-state index contributed by atoms with van der Waals surface area (Å²) in [5.74, 6) is 2.42. The lowest BCUT2D eigenvalue weighted by Gasteiger charge is -2.31. The number of carbonyl (C=O) groups excluding carboxylic acids is 1. The first-order valence-electron chi connectivity index (χ1n) is 13.8. The van der Waals surface area contributed by atoms with Crippen molar-refractivity contribution in [3.63, 3.8) is 0 Å². The van der Waals surface area contributed by atoms with E-state index in [0.29, 0.717) is 18.9 Å². The Morgan fingerprint density at radius 3 is 2.34 bits per heavy atom. The Labute approximate surface area is 226 Å². The topological polar surface area (TPSA) is 59.6 Å². The first-order valence-corrected chi connectivity index (χ1v) is 13.8. The minimum atomic E-state index is -0.304. The number of hydrogen-bond donors (Lipinski definition) is 2. The van der Waals surface area contributed by atoms with E-state index in [9.17, 15) is 4.79 Å². The fourth-order valence-electron chi connectivity index (χ4n) is 5.19. The zero-order valence-electron chi connectivity index (χ0n) is 22.8. The van der Waals surface area contributed by atoms with Crippen LogP contribution in [-0.4, -0.2) is 18.5 Å². The number of ether oxygens (including phenoxy) is 2. The van der Waals surface area contributed by atoms with E-state index in [1.54, 1.807) is 0 Å². The number of allylic oxidation sites excluding steroid dienone is 1. The van der Waals surface area contributed by atoms with Crippen molar-refractivity contribution in [2.75, 3.05) is 17.2 Å². The molecule has 0 bridgehead atoms. The van der Waals surface area contributed by atoms with E-state index in [1.165, 1.54) is 0 Å². The molecule has 1 heterocycles. The van der Waals surface area contributed by atoms with Crippen molar-refractivity contribution in [1.29, 1.82) is 0 Å². The number of para-hydroxylation sites is 3. The molecule has 5 nitrogen and oxygen atoms in total. The van der Waals surface area contributed by atoms with Crippen LogP contribution in [0.5, 0.6) is 11.5 Å². The van der Waals surface area contributed by atoms with E-state index in [2.05, 4.69) is 68.7 Å². The molecule has 1 aliphatic carbocycles. The predicted octanol–water partition coefficient (Wildman–Crippen LogP) is 7.88. The molecule has 0 amide bonds. The molecule has 5 heteroatoms. The zero-order valence-corrected chi connectivity index (χ0v) is 22.8. The van der Waals surface area contributed by atoms with Crippen LogP contribution < -0.4 is 20.1 Å². The fourth-order valence-corrected chi connectivity index (χ4v) is 5.19. The highest BCUT2D eigenvalue weighted by molar-refractivity contribution is 6.01. The number of anilines is 2. The molecular weight excluding hydrogens is 472 g/mol. The first kappa shape index (κ1) is 25.9. The summed E-state index contributed by atoms with van der Waals surface area (Å²) in [6.45, 7) is 9.17. The van der Waals surface area contributed by atoms with Crippen LogP contribution in [0, 0.1) is 5.92 Å². The molecule has 198 valence electrons. The minimum Gasteiger partial charge on any atom is -0.493 e. The molecule has 3 aromatic carbocycles. The molecule has 2 aliphatic rings. The number of benzene rings is 3. The Morgan fingerprint density at radius 2 is 1.61 bits per heavy atom. The fraction of sp³-hybridized carbons (Fsp3) is 0.364. The second kappa shape index (κ2) is 11.3. The molecule has 3 aromatic rings. The van der Waals surface area contributed by atoms with Gasteiger partial charge in [0.1, 0.15) is 11.5 Å². The normalized spacial score (nSPS) is 19.6. The van der Waals surface area contributed by atoms with Gasteiger partial charge in [-0.15, -0.1) is 0 Å². The van der Waals surface area contributed by atoms with Gasteiger partial charge in [0.2, 0.25) is 0 Å². The van der Waals surface area contributed by atoms with Crippen LogP contribution in [0.25, 0.3) is 0 Å². The van der Waals surface area contributed by atoms with Gasteiger partial charge >= 0.3 is 0 Å². The van der Waals surface area contributed by atoms with E-state index in [0.717, 1.165) is 58.1 Å². The lowest BCUT2D eigenvalue weighted by atomic mass is 9.78. The van der Waals surface area contributed by atoms with Gasteiger partial charge in [-0.2, -0.15) is 0 Å². The standard InChI is InChI=1S/C33H38N2O3/c1-5-22(4)38-31-13-9-6-10-26(31)33-32-29(34-27-11-7-8-12-28(27)35-33)18-24(19-30(32)36)23-14-16-25(17-15-23)37-20-21(2)3/h6-17,21-22,24,33-35H,5,18-20H2,1-4H3. The molecule has 0 aromatic heterocycles. The summed E-state index contributed by atoms with van der Waals surface area (Å²) in [4.78, 5) is 13.9. The average molecular weight is 511 g/mol. The van der Waals surface area contributed by atoms with Crippen molar-refractivity contribution in [3.05, 3.63) is 95.2 Å². The highest BCUT2D eigenvalue weighted by Gasteiger charge is 2.37. The molecule has 3 atom stereocenters. The van der Waals surface area contributed by atoms with Crippen LogP contribution in [0.3, 0.4) is 0 Å². The lowest BCUT2D eigenvalue weighted by molar-refractivity contribution is -0.116. The molecule has 3 unspecified atom stereocenters. The molecule has 0 saturated carbocycles. The number of hydrogen-bond acceptors (Lipinski definition) is 5. The summed E-state index contributed by atoms with van der Waals surface area (Å²) in [6, 6.07) is 24.2. The summed E-state index contributed by atoms with van der Waals surface area (Å²) >= 11 is 0. The van der Waals surface area contributed by atoms with E-state index >= 15 is 0 Å². The van der Waals surface area contributed by atoms with E-state index in [4.69, 9.17) is 9.47 Å². The van der Waals surface area contributed by atoms with Crippen LogP contribution in [0.15, 0.2) is 84.1 Å². The number of ketones is 1. The summed E-state index contributed by atoms with van der Waals surface area (Å²) < 4.78 is 12.2. The van der Waals surface area contributed by atoms with E-state index in [1.807, 2.05) is 42.5 Å². The summed E-state index contributed by atoms with van der Waals surface area (Å²) in [7, 11) is 0. The molecule has 1 aliphatic heterocycles. The van der Waals surface area contributed by atoms with Gasteiger partial charge in [0.05, 0.1) is 30.1 Å². The SMILES string of the molecule is CCC(C)Oc1ccccc1C1Nc2ccccc2NC2=C1C(=O)CC(c1ccc(OCC(C)C)cc1)C2. The smallest absolute Gasteiger partial charge is 0.163 e. The van der Waals surface area contributed by atoms with Gasteiger partial charge in [0.25, 0.3) is 0 Å². The average Bonchev–Trinajstić information content (AvgIpc) is 3.09. The lowest BCUT2D eigenvalue weighted by Crippen LogP contribution is -2.27. The van der Waals surface area contributed by atoms with Crippen molar-refractivity contribution >= 4 is 17.2 Å². The second-order valence-corrected chi connectivity index (χ2v) is 10.8. The van der Waals surface area contributed by atoms with Crippen molar-refractivity contribution in [2.24, 2.45) is 5.92 Å². The Kier molecular flexibility index (Phi) is 7.73. The second-order valence-electron chi connectivity index (χ2n) is 10.8. The Hall–Kier alpha value is -3.73. The predicted molar refractivity (Wildman–Crippen MR) is 154 cm³/mol. The number of Topliss-reactive ketones (excluding diaryl/α,β-unsaturated/α-hetero) is 1. The highest BCUT2D eigenvalue weighted by Crippen LogP contribution is 2.46. The summed E-state index contributed by atoms with van der Waals surface area (Å²) in [5, 5.41) is 7.32. The maximum absolute atomic E-state index is 13.9. The van der Waals surface area contributed by atoms with E-state index in [-0.39, 0.29) is 23.8 Å². The molecule has 5 rings (SSSR count). The van der Waals surface area contributed by atoms with Gasteiger partial charge in [0.15, 0.2) is 5.78 Å². The molecule has 38 heavy (non-hydrogen) atoms. The quantitative estimate of drug-likeness (QED) is 0.323. The molecule has 2 N–H and O–H groups in total. The van der Waals surface area contributed by atoms with Gasteiger partial charge in [-0.1, -0.05) is 63.2 Å². The maximum Gasteiger partial charge on any atom is 0.163 e. The molecule has 0 spiro atoms. The number of fused-ring (bicyclic) bond motifs is 1. The minimum absolute atomic E-state index is 0.0831. The molecular formula is C33H38N2O3. The van der Waals surface area contributed by atoms with Gasteiger partial charge in [-0.25, -0.2) is 0 Å². The Bertz CT molecular complexity index is 1310. The third-order valence-corrected chi connectivity index (χ3v) is 7.38. The van der Waals surface area contributed by atoms with Gasteiger partial charge in [-0.05, 0) is 67.5 Å². The highest BCUT2D eigenvalue weighted by atomic mass is 16.5. The number of carbonyl (C=O) groups is 1. The van der Waals surface area contributed by atoms with Crippen molar-refractivity contribution in [2.45, 2.75) is 65.0 Å². The monoisotopic (exact) mass is 510 g/mol. The number of rotatable bonds is 8. The molecule has 0 fully saturated rings. The third kappa shape index (κ3) is 5.57. The third-order valence-electron chi connectivity index (χ3n) is 7.38. The summed E-state index contributed by atoms with van der Waals surface area (Å²) in [5.41, 5.74) is 5.88. The molecule has 0 radical (unpaired) electrons. The van der Waals surface area contributed by atoms with Crippen molar-refractivity contribution in [1.82, 2.24) is 0 Å². The van der Waals surface area contributed by atoms with Crippen LogP contribution in [-0.2, 0) is 4.79 Å². The van der Waals surface area contributed by atoms with Gasteiger partial charge in [0, 0.05) is 23.3 Å². The zero-order chi connectivity index (χ0) is 26.6. The molecule has 0 saturated heterocycles. The maximum atomic E-state index is 13.9. The van der Waals surface area contributed by atoms with Crippen molar-refractivity contribution < 1.29 is 14.3 Å². The van der Waals surface area contributed by atoms with Crippen LogP contribution in [0.1, 0.15) is 70.0 Å². The van der Waals surface area contributed by atoms with Gasteiger partial charge < -0.3 is 20.1 Å². The van der Waals surface area contributed by atoms with Crippen molar-refractivity contribution in [3.8, 4) is 11.5 Å². The first-order chi connectivity index (χ1) is 18.4.